The number of aromatic nitrogens is 1. The molecule has 100 valence electrons. The zero-order valence-electron chi connectivity index (χ0n) is 11.2. The Morgan fingerprint density at radius 2 is 2.37 bits per heavy atom. The van der Waals surface area contributed by atoms with Crippen molar-refractivity contribution in [1.82, 2.24) is 10.3 Å². The molecular weight excluding hydrogens is 256 g/mol. The minimum absolute atomic E-state index is 0.283. The maximum atomic E-state index is 5.47. The number of ether oxygens (including phenoxy) is 1. The topological polar surface area (TPSA) is 34.1 Å². The fourth-order valence-corrected chi connectivity index (χ4v) is 4.02. The molecule has 3 nitrogen and oxygen atoms in total. The highest BCUT2D eigenvalue weighted by atomic mass is 32.1. The maximum Gasteiger partial charge on any atom is 0.134 e. The minimum atomic E-state index is 0.283. The lowest BCUT2D eigenvalue weighted by Crippen LogP contribution is -2.22. The van der Waals surface area contributed by atoms with Gasteiger partial charge in [0.15, 0.2) is 0 Å². The van der Waals surface area contributed by atoms with E-state index in [0.717, 1.165) is 18.6 Å². The van der Waals surface area contributed by atoms with Crippen LogP contribution in [0.25, 0.3) is 0 Å². The molecule has 0 saturated carbocycles. The molecule has 19 heavy (non-hydrogen) atoms. The summed E-state index contributed by atoms with van der Waals surface area (Å²) in [7, 11) is 3.75. The molecular formula is C15H18N2OS. The molecule has 4 heteroatoms. The predicted octanol–water partition coefficient (Wildman–Crippen LogP) is 3.14. The second-order valence-corrected chi connectivity index (χ2v) is 5.76. The molecule has 0 saturated heterocycles. The molecule has 2 heterocycles. The molecule has 2 aromatic rings. The third-order valence-electron chi connectivity index (χ3n) is 3.88. The number of aryl methyl sites for hydroxylation is 1. The van der Waals surface area contributed by atoms with E-state index in [1.165, 1.54) is 16.1 Å². The van der Waals surface area contributed by atoms with Gasteiger partial charge in [-0.1, -0.05) is 6.07 Å². The first-order chi connectivity index (χ1) is 9.35. The maximum absolute atomic E-state index is 5.47. The summed E-state index contributed by atoms with van der Waals surface area (Å²) in [5, 5.41) is 5.54. The van der Waals surface area contributed by atoms with E-state index in [4.69, 9.17) is 4.74 Å². The number of nitrogens with zero attached hydrogens (tertiary/aromatic N) is 1. The van der Waals surface area contributed by atoms with Crippen molar-refractivity contribution in [3.63, 3.8) is 0 Å². The summed E-state index contributed by atoms with van der Waals surface area (Å²) in [6.07, 6.45) is 4.17. The van der Waals surface area contributed by atoms with Crippen molar-refractivity contribution in [3.8, 4) is 5.75 Å². The van der Waals surface area contributed by atoms with E-state index >= 15 is 0 Å². The number of hydrogen-bond donors (Lipinski definition) is 1. The predicted molar refractivity (Wildman–Crippen MR) is 78.0 cm³/mol. The average Bonchev–Trinajstić information content (AvgIpc) is 3.07. The Hall–Kier alpha value is -1.39. The number of nitrogens with one attached hydrogen (secondary N) is 1. The van der Waals surface area contributed by atoms with Crippen LogP contribution in [0.2, 0.25) is 0 Å². The van der Waals surface area contributed by atoms with Crippen molar-refractivity contribution in [2.45, 2.75) is 24.8 Å². The summed E-state index contributed by atoms with van der Waals surface area (Å²) in [6, 6.07) is 6.55. The van der Waals surface area contributed by atoms with Gasteiger partial charge in [0.2, 0.25) is 0 Å². The van der Waals surface area contributed by atoms with Gasteiger partial charge in [0.1, 0.15) is 5.75 Å². The van der Waals surface area contributed by atoms with Gasteiger partial charge in [0, 0.05) is 17.8 Å². The molecule has 2 aromatic heterocycles. The third kappa shape index (κ3) is 2.15. The molecule has 0 bridgehead atoms. The van der Waals surface area contributed by atoms with Gasteiger partial charge in [-0.15, -0.1) is 11.3 Å². The summed E-state index contributed by atoms with van der Waals surface area (Å²) >= 11 is 1.75. The largest absolute Gasteiger partial charge is 0.496 e. The van der Waals surface area contributed by atoms with Crippen LogP contribution in [0.1, 0.15) is 34.5 Å². The van der Waals surface area contributed by atoms with Crippen LogP contribution >= 0.6 is 11.3 Å². The van der Waals surface area contributed by atoms with Crippen molar-refractivity contribution in [1.29, 1.82) is 0 Å². The Morgan fingerprint density at radius 3 is 3.16 bits per heavy atom. The molecule has 0 fully saturated rings. The van der Waals surface area contributed by atoms with E-state index in [2.05, 4.69) is 21.7 Å². The second kappa shape index (κ2) is 5.31. The Kier molecular flexibility index (Phi) is 3.53. The van der Waals surface area contributed by atoms with E-state index in [1.54, 1.807) is 18.4 Å². The lowest BCUT2D eigenvalue weighted by Gasteiger charge is -2.23. The highest BCUT2D eigenvalue weighted by Crippen LogP contribution is 2.44. The van der Waals surface area contributed by atoms with E-state index in [9.17, 15) is 0 Å². The van der Waals surface area contributed by atoms with Gasteiger partial charge in [0.25, 0.3) is 0 Å². The van der Waals surface area contributed by atoms with E-state index in [1.807, 2.05) is 25.4 Å². The number of methoxy groups -OCH3 is 1. The highest BCUT2D eigenvalue weighted by Gasteiger charge is 2.33. The zero-order valence-corrected chi connectivity index (χ0v) is 12.0. The van der Waals surface area contributed by atoms with Crippen LogP contribution in [0.15, 0.2) is 29.8 Å². The Balaban J connectivity index is 1.97. The first kappa shape index (κ1) is 12.6. The molecule has 0 aromatic carbocycles. The molecule has 1 aliphatic carbocycles. The molecule has 1 aliphatic rings. The van der Waals surface area contributed by atoms with Crippen LogP contribution < -0.4 is 10.1 Å². The molecule has 2 unspecified atom stereocenters. The first-order valence-electron chi connectivity index (χ1n) is 6.57. The molecule has 2 atom stereocenters. The van der Waals surface area contributed by atoms with Crippen LogP contribution in [-0.2, 0) is 6.42 Å². The Bertz CT molecular complexity index is 567. The summed E-state index contributed by atoms with van der Waals surface area (Å²) in [4.78, 5) is 5.87. The van der Waals surface area contributed by atoms with Crippen LogP contribution in [0.5, 0.6) is 5.75 Å². The zero-order chi connectivity index (χ0) is 13.2. The van der Waals surface area contributed by atoms with Gasteiger partial charge < -0.3 is 10.1 Å². The summed E-state index contributed by atoms with van der Waals surface area (Å²) in [6.45, 7) is 0. The van der Waals surface area contributed by atoms with Crippen LogP contribution in [0.3, 0.4) is 0 Å². The Morgan fingerprint density at radius 1 is 1.47 bits per heavy atom. The monoisotopic (exact) mass is 274 g/mol. The van der Waals surface area contributed by atoms with Crippen molar-refractivity contribution in [2.75, 3.05) is 14.2 Å². The Labute approximate surface area is 117 Å². The van der Waals surface area contributed by atoms with Gasteiger partial charge in [-0.25, -0.2) is 0 Å². The van der Waals surface area contributed by atoms with Gasteiger partial charge in [0.05, 0.1) is 18.0 Å². The van der Waals surface area contributed by atoms with Crippen LogP contribution in [-0.4, -0.2) is 19.1 Å². The minimum Gasteiger partial charge on any atom is -0.496 e. The summed E-state index contributed by atoms with van der Waals surface area (Å²) in [5.41, 5.74) is 2.64. The SMILES string of the molecule is CNC(c1sccc1OC)C1CCc2cccnc21. The quantitative estimate of drug-likeness (QED) is 0.930. The lowest BCUT2D eigenvalue weighted by atomic mass is 9.95. The fourth-order valence-electron chi connectivity index (χ4n) is 2.99. The standard InChI is InChI=1S/C15H18N2OS/c1-16-14(15-12(18-2)7-9-19-15)11-6-5-10-4-3-8-17-13(10)11/h3-4,7-9,11,14,16H,5-6H2,1-2H3. The van der Waals surface area contributed by atoms with Gasteiger partial charge in [-0.05, 0) is 43.0 Å². The molecule has 0 aliphatic heterocycles. The third-order valence-corrected chi connectivity index (χ3v) is 4.86. The second-order valence-electron chi connectivity index (χ2n) is 4.81. The normalized spacial score (nSPS) is 19.2. The van der Waals surface area contributed by atoms with E-state index in [-0.39, 0.29) is 6.04 Å². The smallest absolute Gasteiger partial charge is 0.134 e. The summed E-state index contributed by atoms with van der Waals surface area (Å²) < 4.78 is 5.47. The molecule has 0 spiro atoms. The van der Waals surface area contributed by atoms with Crippen molar-refractivity contribution in [3.05, 3.63) is 45.9 Å². The average molecular weight is 274 g/mol. The van der Waals surface area contributed by atoms with Crippen LogP contribution in [0.4, 0.5) is 0 Å². The first-order valence-corrected chi connectivity index (χ1v) is 7.45. The van der Waals surface area contributed by atoms with Gasteiger partial charge in [-0.2, -0.15) is 0 Å². The van der Waals surface area contributed by atoms with Crippen LogP contribution in [0, 0.1) is 0 Å². The van der Waals surface area contributed by atoms with Crippen molar-refractivity contribution in [2.24, 2.45) is 0 Å². The molecule has 3 rings (SSSR count). The fraction of sp³-hybridized carbons (Fsp3) is 0.400. The molecule has 0 radical (unpaired) electrons. The summed E-state index contributed by atoms with van der Waals surface area (Å²) in [5.74, 6) is 1.42. The van der Waals surface area contributed by atoms with Gasteiger partial charge >= 0.3 is 0 Å². The van der Waals surface area contributed by atoms with Crippen molar-refractivity contribution >= 4 is 11.3 Å². The molecule has 1 N–H and O–H groups in total. The number of hydrogen-bond acceptors (Lipinski definition) is 4. The van der Waals surface area contributed by atoms with E-state index in [0.29, 0.717) is 5.92 Å². The number of rotatable bonds is 4. The number of likely N-dealkylation sites (N-methyl/N-ethyl adjacent to an activating group) is 1. The van der Waals surface area contributed by atoms with Gasteiger partial charge in [-0.3, -0.25) is 4.98 Å². The highest BCUT2D eigenvalue weighted by molar-refractivity contribution is 7.10. The number of thiophene rings is 1. The lowest BCUT2D eigenvalue weighted by molar-refractivity contribution is 0.394. The number of pyridine rings is 1. The molecule has 0 amide bonds. The van der Waals surface area contributed by atoms with E-state index < -0.39 is 0 Å². The van der Waals surface area contributed by atoms with Crippen molar-refractivity contribution < 1.29 is 4.74 Å². The number of fused-ring (bicyclic) bond motifs is 1.